The molecule has 2 heterocycles. The first kappa shape index (κ1) is 16.2. The third-order valence-corrected chi connectivity index (χ3v) is 5.76. The van der Waals surface area contributed by atoms with E-state index in [1.807, 2.05) is 0 Å². The van der Waals surface area contributed by atoms with E-state index in [-0.39, 0.29) is 11.0 Å². The average molecular weight is 375 g/mol. The smallest absolute Gasteiger partial charge is 0.271 e. The molecular formula is C17H15ClN4O2S. The zero-order chi connectivity index (χ0) is 17.6. The topological polar surface area (TPSA) is 81.0 Å². The van der Waals surface area contributed by atoms with Crippen molar-refractivity contribution in [1.29, 1.82) is 0 Å². The second-order valence-electron chi connectivity index (χ2n) is 6.31. The van der Waals surface area contributed by atoms with Crippen molar-refractivity contribution in [2.24, 2.45) is 5.92 Å². The Bertz CT molecular complexity index is 988. The van der Waals surface area contributed by atoms with E-state index in [1.54, 1.807) is 23.5 Å². The van der Waals surface area contributed by atoms with Gasteiger partial charge in [0.1, 0.15) is 10.6 Å². The van der Waals surface area contributed by atoms with Crippen molar-refractivity contribution >= 4 is 50.3 Å². The van der Waals surface area contributed by atoms with Crippen LogP contribution in [-0.2, 0) is 12.8 Å². The van der Waals surface area contributed by atoms with Gasteiger partial charge in [-0.2, -0.15) is 4.98 Å². The Morgan fingerprint density at radius 3 is 3.04 bits per heavy atom. The number of aryl methyl sites for hydroxylation is 1. The molecule has 6 nitrogen and oxygen atoms in total. The number of benzene rings is 1. The van der Waals surface area contributed by atoms with E-state index in [0.717, 1.165) is 29.5 Å². The molecule has 1 aliphatic carbocycles. The number of nitrogens with zero attached hydrogens (tertiary/aromatic N) is 3. The maximum absolute atomic E-state index is 11.0. The van der Waals surface area contributed by atoms with Crippen LogP contribution in [0.5, 0.6) is 0 Å². The molecule has 0 spiro atoms. The minimum absolute atomic E-state index is 0.0302. The number of non-ortho nitro benzene ring substituents is 1. The molecule has 0 radical (unpaired) electrons. The van der Waals surface area contributed by atoms with Gasteiger partial charge in [-0.1, -0.05) is 13.0 Å². The predicted molar refractivity (Wildman–Crippen MR) is 100.0 cm³/mol. The SMILES string of the molecule is CC1CCc2c(sc3nc(Cl)nc(Nc4cccc([N+](=O)[O-])c4)c23)C1. The number of hydrogen-bond acceptors (Lipinski definition) is 6. The maximum Gasteiger partial charge on any atom is 0.271 e. The molecule has 0 saturated carbocycles. The minimum Gasteiger partial charge on any atom is -0.339 e. The lowest BCUT2D eigenvalue weighted by atomic mass is 9.89. The summed E-state index contributed by atoms with van der Waals surface area (Å²) >= 11 is 7.77. The summed E-state index contributed by atoms with van der Waals surface area (Å²) in [6, 6.07) is 6.37. The van der Waals surface area contributed by atoms with Crippen molar-refractivity contribution in [2.75, 3.05) is 5.32 Å². The summed E-state index contributed by atoms with van der Waals surface area (Å²) in [6.45, 7) is 2.26. The second kappa shape index (κ2) is 6.24. The summed E-state index contributed by atoms with van der Waals surface area (Å²) in [4.78, 5) is 21.5. The molecule has 0 fully saturated rings. The number of anilines is 2. The summed E-state index contributed by atoms with van der Waals surface area (Å²) in [5.41, 5.74) is 1.92. The number of thiophene rings is 1. The van der Waals surface area contributed by atoms with Crippen molar-refractivity contribution in [3.63, 3.8) is 0 Å². The van der Waals surface area contributed by atoms with E-state index in [2.05, 4.69) is 22.2 Å². The Morgan fingerprint density at radius 2 is 2.24 bits per heavy atom. The minimum atomic E-state index is -0.415. The fourth-order valence-corrected chi connectivity index (χ4v) is 4.84. The highest BCUT2D eigenvalue weighted by molar-refractivity contribution is 7.19. The van der Waals surface area contributed by atoms with Gasteiger partial charge < -0.3 is 5.32 Å². The molecule has 4 rings (SSSR count). The summed E-state index contributed by atoms with van der Waals surface area (Å²) < 4.78 is 0. The van der Waals surface area contributed by atoms with Crippen LogP contribution in [0.4, 0.5) is 17.2 Å². The Kier molecular flexibility index (Phi) is 4.05. The number of hydrogen-bond donors (Lipinski definition) is 1. The zero-order valence-electron chi connectivity index (χ0n) is 13.5. The molecule has 3 aromatic rings. The van der Waals surface area contributed by atoms with E-state index in [1.165, 1.54) is 22.6 Å². The number of aromatic nitrogens is 2. The maximum atomic E-state index is 11.0. The van der Waals surface area contributed by atoms with Gasteiger partial charge in [-0.15, -0.1) is 11.3 Å². The molecular weight excluding hydrogens is 360 g/mol. The highest BCUT2D eigenvalue weighted by atomic mass is 35.5. The van der Waals surface area contributed by atoms with E-state index >= 15 is 0 Å². The molecule has 1 aliphatic rings. The van der Waals surface area contributed by atoms with Crippen molar-refractivity contribution in [3.05, 3.63) is 50.1 Å². The quantitative estimate of drug-likeness (QED) is 0.391. The van der Waals surface area contributed by atoms with Crippen molar-refractivity contribution < 1.29 is 4.92 Å². The predicted octanol–water partition coefficient (Wildman–Crippen LogP) is 5.12. The molecule has 0 saturated heterocycles. The molecule has 1 N–H and O–H groups in total. The van der Waals surface area contributed by atoms with Gasteiger partial charge in [0.05, 0.1) is 10.3 Å². The molecule has 0 bridgehead atoms. The Hall–Kier alpha value is -2.25. The van der Waals surface area contributed by atoms with Gasteiger partial charge in [-0.3, -0.25) is 10.1 Å². The average Bonchev–Trinajstić information content (AvgIpc) is 2.92. The van der Waals surface area contributed by atoms with Gasteiger partial charge >= 0.3 is 0 Å². The molecule has 0 amide bonds. The van der Waals surface area contributed by atoms with Gasteiger partial charge in [0.25, 0.3) is 5.69 Å². The number of halogens is 1. The van der Waals surface area contributed by atoms with Crippen LogP contribution in [0.3, 0.4) is 0 Å². The van der Waals surface area contributed by atoms with Gasteiger partial charge in [-0.25, -0.2) is 4.98 Å². The van der Waals surface area contributed by atoms with Crippen LogP contribution < -0.4 is 5.32 Å². The molecule has 25 heavy (non-hydrogen) atoms. The number of nitrogens with one attached hydrogen (secondary N) is 1. The Labute approximate surface area is 153 Å². The number of nitro groups is 1. The third kappa shape index (κ3) is 3.05. The van der Waals surface area contributed by atoms with Crippen LogP contribution in [0, 0.1) is 16.0 Å². The fraction of sp³-hybridized carbons (Fsp3) is 0.294. The second-order valence-corrected chi connectivity index (χ2v) is 7.73. The van der Waals surface area contributed by atoms with Gasteiger partial charge in [0, 0.05) is 22.7 Å². The summed E-state index contributed by atoms with van der Waals surface area (Å²) in [5, 5.41) is 15.3. The van der Waals surface area contributed by atoms with E-state index in [0.29, 0.717) is 17.4 Å². The highest BCUT2D eigenvalue weighted by Crippen LogP contribution is 2.41. The van der Waals surface area contributed by atoms with Crippen LogP contribution in [0.2, 0.25) is 5.28 Å². The van der Waals surface area contributed by atoms with Crippen LogP contribution in [0.15, 0.2) is 24.3 Å². The van der Waals surface area contributed by atoms with Crippen LogP contribution in [0.1, 0.15) is 23.8 Å². The Balaban J connectivity index is 1.81. The van der Waals surface area contributed by atoms with E-state index in [4.69, 9.17) is 11.6 Å². The molecule has 1 atom stereocenters. The standard InChI is InChI=1S/C17H15ClN4O2S/c1-9-5-6-12-13(7-9)25-16-14(12)15(20-17(18)21-16)19-10-3-2-4-11(8-10)22(23)24/h2-4,8-9H,5-7H2,1H3,(H,19,20,21). The van der Waals surface area contributed by atoms with Crippen LogP contribution >= 0.6 is 22.9 Å². The summed E-state index contributed by atoms with van der Waals surface area (Å²) in [5.74, 6) is 1.28. The molecule has 2 aromatic heterocycles. The first-order valence-electron chi connectivity index (χ1n) is 8.00. The van der Waals surface area contributed by atoms with Gasteiger partial charge in [0.15, 0.2) is 0 Å². The summed E-state index contributed by atoms with van der Waals surface area (Å²) in [7, 11) is 0. The first-order chi connectivity index (χ1) is 12.0. The van der Waals surface area contributed by atoms with E-state index < -0.39 is 4.92 Å². The fourth-order valence-electron chi connectivity index (χ4n) is 3.24. The summed E-state index contributed by atoms with van der Waals surface area (Å²) in [6.07, 6.45) is 3.17. The molecule has 8 heteroatoms. The first-order valence-corrected chi connectivity index (χ1v) is 9.20. The van der Waals surface area contributed by atoms with Crippen molar-refractivity contribution in [2.45, 2.75) is 26.2 Å². The number of nitro benzene ring substituents is 1. The lowest BCUT2D eigenvalue weighted by Gasteiger charge is -2.18. The largest absolute Gasteiger partial charge is 0.339 e. The molecule has 128 valence electrons. The van der Waals surface area contributed by atoms with Crippen LogP contribution in [0.25, 0.3) is 10.2 Å². The molecule has 1 aromatic carbocycles. The van der Waals surface area contributed by atoms with Gasteiger partial charge in [0.2, 0.25) is 5.28 Å². The highest BCUT2D eigenvalue weighted by Gasteiger charge is 2.24. The monoisotopic (exact) mass is 374 g/mol. The number of rotatable bonds is 3. The normalized spacial score (nSPS) is 16.6. The van der Waals surface area contributed by atoms with Crippen LogP contribution in [-0.4, -0.2) is 14.9 Å². The third-order valence-electron chi connectivity index (χ3n) is 4.45. The van der Waals surface area contributed by atoms with E-state index in [9.17, 15) is 10.1 Å². The Morgan fingerprint density at radius 1 is 1.40 bits per heavy atom. The number of fused-ring (bicyclic) bond motifs is 3. The molecule has 1 unspecified atom stereocenters. The lowest BCUT2D eigenvalue weighted by molar-refractivity contribution is -0.384. The van der Waals surface area contributed by atoms with Gasteiger partial charge in [-0.05, 0) is 48.4 Å². The zero-order valence-corrected chi connectivity index (χ0v) is 15.0. The molecule has 0 aliphatic heterocycles. The van der Waals surface area contributed by atoms with Crippen molar-refractivity contribution in [3.8, 4) is 0 Å². The lowest BCUT2D eigenvalue weighted by Crippen LogP contribution is -2.09. The van der Waals surface area contributed by atoms with Crippen molar-refractivity contribution in [1.82, 2.24) is 9.97 Å².